The number of thiophene rings is 1. The van der Waals surface area contributed by atoms with Crippen molar-refractivity contribution in [2.24, 2.45) is 0 Å². The molecule has 0 unspecified atom stereocenters. The molecule has 220 valence electrons. The minimum atomic E-state index is 0.610. The van der Waals surface area contributed by atoms with Gasteiger partial charge in [-0.3, -0.25) is 4.98 Å². The average molecular weight is 620 g/mol. The highest BCUT2D eigenvalue weighted by Gasteiger charge is 2.16. The van der Waals surface area contributed by atoms with E-state index < -0.39 is 0 Å². The first-order valence-corrected chi connectivity index (χ1v) is 16.2. The Balaban J connectivity index is 1.24. The second kappa shape index (κ2) is 11.4. The lowest BCUT2D eigenvalue weighted by atomic mass is 9.95. The highest BCUT2D eigenvalue weighted by Crippen LogP contribution is 2.37. The summed E-state index contributed by atoms with van der Waals surface area (Å²) in [5.41, 5.74) is 9.01. The lowest BCUT2D eigenvalue weighted by Gasteiger charge is -2.13. The van der Waals surface area contributed by atoms with Crippen molar-refractivity contribution in [3.05, 3.63) is 152 Å². The van der Waals surface area contributed by atoms with Crippen molar-refractivity contribution >= 4 is 42.5 Å². The molecular formula is C41H25N5S. The predicted molar refractivity (Wildman–Crippen MR) is 193 cm³/mol. The van der Waals surface area contributed by atoms with Crippen LogP contribution >= 0.6 is 11.3 Å². The third-order valence-electron chi connectivity index (χ3n) is 8.36. The van der Waals surface area contributed by atoms with E-state index in [1.165, 1.54) is 14.8 Å². The van der Waals surface area contributed by atoms with E-state index in [-0.39, 0.29) is 0 Å². The van der Waals surface area contributed by atoms with Crippen LogP contribution in [0.15, 0.2) is 152 Å². The Labute approximate surface area is 275 Å². The predicted octanol–water partition coefficient (Wildman–Crippen LogP) is 10.5. The fourth-order valence-electron chi connectivity index (χ4n) is 6.04. The summed E-state index contributed by atoms with van der Waals surface area (Å²) in [5, 5.41) is 2.31. The van der Waals surface area contributed by atoms with Gasteiger partial charge in [-0.05, 0) is 65.2 Å². The fraction of sp³-hybridized carbons (Fsp3) is 0. The van der Waals surface area contributed by atoms with Gasteiger partial charge in [0, 0.05) is 50.1 Å². The summed E-state index contributed by atoms with van der Waals surface area (Å²) in [6.07, 6.45) is 3.69. The Bertz CT molecular complexity index is 2510. The van der Waals surface area contributed by atoms with Crippen LogP contribution in [0, 0.1) is 0 Å². The monoisotopic (exact) mass is 619 g/mol. The van der Waals surface area contributed by atoms with Crippen molar-refractivity contribution in [2.75, 3.05) is 0 Å². The number of rotatable bonds is 5. The Morgan fingerprint density at radius 3 is 1.72 bits per heavy atom. The number of hydrogen-bond acceptors (Lipinski definition) is 6. The molecule has 0 aliphatic rings. The molecular weight excluding hydrogens is 595 g/mol. The molecule has 0 spiro atoms. The maximum atomic E-state index is 5.08. The van der Waals surface area contributed by atoms with E-state index >= 15 is 0 Å². The van der Waals surface area contributed by atoms with Crippen molar-refractivity contribution in [1.29, 1.82) is 0 Å². The number of aromatic nitrogens is 5. The third-order valence-corrected chi connectivity index (χ3v) is 9.47. The molecule has 5 aromatic carbocycles. The van der Waals surface area contributed by atoms with Crippen LogP contribution in [0.3, 0.4) is 0 Å². The van der Waals surface area contributed by atoms with Gasteiger partial charge in [0.15, 0.2) is 17.5 Å². The van der Waals surface area contributed by atoms with E-state index in [1.807, 2.05) is 72.9 Å². The van der Waals surface area contributed by atoms with Crippen molar-refractivity contribution in [1.82, 2.24) is 24.9 Å². The molecule has 0 fully saturated rings. The molecule has 4 heterocycles. The maximum Gasteiger partial charge on any atom is 0.164 e. The van der Waals surface area contributed by atoms with Crippen LogP contribution in [0.1, 0.15) is 0 Å². The van der Waals surface area contributed by atoms with Gasteiger partial charge in [-0.25, -0.2) is 19.9 Å². The second-order valence-electron chi connectivity index (χ2n) is 11.4. The second-order valence-corrected chi connectivity index (χ2v) is 12.5. The minimum absolute atomic E-state index is 0.610. The molecule has 4 aromatic heterocycles. The first kappa shape index (κ1) is 27.2. The lowest BCUT2D eigenvalue weighted by Crippen LogP contribution is -2.00. The van der Waals surface area contributed by atoms with E-state index in [2.05, 4.69) is 77.8 Å². The van der Waals surface area contributed by atoms with Gasteiger partial charge in [0.25, 0.3) is 0 Å². The zero-order chi connectivity index (χ0) is 31.2. The molecule has 5 nitrogen and oxygen atoms in total. The van der Waals surface area contributed by atoms with Crippen molar-refractivity contribution in [2.45, 2.75) is 0 Å². The van der Waals surface area contributed by atoms with Gasteiger partial charge >= 0.3 is 0 Å². The number of nitrogens with zero attached hydrogens (tertiary/aromatic N) is 5. The van der Waals surface area contributed by atoms with Crippen LogP contribution in [-0.2, 0) is 0 Å². The first-order valence-electron chi connectivity index (χ1n) is 15.4. The minimum Gasteiger partial charge on any atom is -0.264 e. The maximum absolute atomic E-state index is 5.08. The average Bonchev–Trinajstić information content (AvgIpc) is 3.51. The molecule has 0 saturated carbocycles. The number of benzene rings is 5. The molecule has 0 atom stereocenters. The van der Waals surface area contributed by atoms with Gasteiger partial charge in [-0.2, -0.15) is 0 Å². The van der Waals surface area contributed by atoms with Gasteiger partial charge in [0.2, 0.25) is 0 Å². The molecule has 0 radical (unpaired) electrons. The van der Waals surface area contributed by atoms with Crippen molar-refractivity contribution < 1.29 is 0 Å². The van der Waals surface area contributed by atoms with Crippen LogP contribution in [0.25, 0.3) is 87.6 Å². The molecule has 9 aromatic rings. The zero-order valence-corrected chi connectivity index (χ0v) is 25.9. The summed E-state index contributed by atoms with van der Waals surface area (Å²) >= 11 is 1.78. The third kappa shape index (κ3) is 5.11. The summed E-state index contributed by atoms with van der Waals surface area (Å²) in [4.78, 5) is 24.4. The first-order chi connectivity index (χ1) is 23.2. The van der Waals surface area contributed by atoms with Gasteiger partial charge in [-0.15, -0.1) is 11.3 Å². The normalized spacial score (nSPS) is 11.4. The fourth-order valence-corrected chi connectivity index (χ4v) is 7.13. The molecule has 0 saturated heterocycles. The van der Waals surface area contributed by atoms with Gasteiger partial charge in [0.05, 0.1) is 15.7 Å². The largest absolute Gasteiger partial charge is 0.264 e. The van der Waals surface area contributed by atoms with E-state index in [1.54, 1.807) is 17.5 Å². The Hall–Kier alpha value is -6.11. The molecule has 0 bridgehead atoms. The standard InChI is InChI=1S/C41H25N5S/c1-3-10-26(11-4-1)39-44-40(27-12-5-2-6-13-27)46-41(45-39)33-22-30(21-31(23-33)29-14-9-19-42-25-29)28-17-18-35-32(20-28)24-37-38(43-35)34-15-7-8-16-36(34)47-37/h1-25H. The quantitative estimate of drug-likeness (QED) is 0.192. The van der Waals surface area contributed by atoms with Crippen molar-refractivity contribution in [3.8, 4) is 56.4 Å². The smallest absolute Gasteiger partial charge is 0.164 e. The van der Waals surface area contributed by atoms with Crippen LogP contribution < -0.4 is 0 Å². The number of hydrogen-bond donors (Lipinski definition) is 0. The van der Waals surface area contributed by atoms with Gasteiger partial charge < -0.3 is 0 Å². The van der Waals surface area contributed by atoms with Crippen LogP contribution in [0.4, 0.5) is 0 Å². The highest BCUT2D eigenvalue weighted by atomic mass is 32.1. The summed E-state index contributed by atoms with van der Waals surface area (Å²) in [6.45, 7) is 0. The van der Waals surface area contributed by atoms with Gasteiger partial charge in [-0.1, -0.05) is 91.0 Å². The summed E-state index contributed by atoms with van der Waals surface area (Å²) in [7, 11) is 0. The topological polar surface area (TPSA) is 64.5 Å². The molecule has 0 aliphatic heterocycles. The number of pyridine rings is 2. The number of fused-ring (bicyclic) bond motifs is 4. The Morgan fingerprint density at radius 2 is 1.02 bits per heavy atom. The molecule has 0 aliphatic carbocycles. The van der Waals surface area contributed by atoms with Crippen molar-refractivity contribution in [3.63, 3.8) is 0 Å². The Morgan fingerprint density at radius 1 is 0.404 bits per heavy atom. The molecule has 6 heteroatoms. The lowest BCUT2D eigenvalue weighted by molar-refractivity contribution is 1.07. The molecule has 0 amide bonds. The van der Waals surface area contributed by atoms with Gasteiger partial charge in [0.1, 0.15) is 0 Å². The Kier molecular flexibility index (Phi) is 6.58. The zero-order valence-electron chi connectivity index (χ0n) is 25.1. The van der Waals surface area contributed by atoms with Crippen LogP contribution in [0.2, 0.25) is 0 Å². The van der Waals surface area contributed by atoms with E-state index in [0.717, 1.165) is 55.4 Å². The molecule has 0 N–H and O–H groups in total. The van der Waals surface area contributed by atoms with E-state index in [0.29, 0.717) is 17.5 Å². The summed E-state index contributed by atoms with van der Waals surface area (Å²) < 4.78 is 2.44. The van der Waals surface area contributed by atoms with E-state index in [4.69, 9.17) is 19.9 Å². The van der Waals surface area contributed by atoms with E-state index in [9.17, 15) is 0 Å². The molecule has 9 rings (SSSR count). The SMILES string of the molecule is c1ccc(-c2nc(-c3ccccc3)nc(-c3cc(-c4cccnc4)cc(-c4ccc5nc6c(cc5c4)sc4ccccc46)c3)n2)cc1. The summed E-state index contributed by atoms with van der Waals surface area (Å²) in [5.74, 6) is 1.87. The van der Waals surface area contributed by atoms with Crippen LogP contribution in [-0.4, -0.2) is 24.9 Å². The highest BCUT2D eigenvalue weighted by molar-refractivity contribution is 7.25. The van der Waals surface area contributed by atoms with Crippen LogP contribution in [0.5, 0.6) is 0 Å². The molecule has 47 heavy (non-hydrogen) atoms. The summed E-state index contributed by atoms with van der Waals surface area (Å²) in [6, 6.07) is 47.9.